The number of likely N-dealkylation sites (tertiary alicyclic amines) is 1. The van der Waals surface area contributed by atoms with Crippen molar-refractivity contribution in [1.82, 2.24) is 9.80 Å². The van der Waals surface area contributed by atoms with Crippen LogP contribution in [-0.2, 0) is 9.59 Å². The number of carbonyl (C=O) groups is 2. The Hall–Kier alpha value is -0.790. The molecule has 1 saturated heterocycles. The van der Waals surface area contributed by atoms with Crippen LogP contribution in [0.15, 0.2) is 0 Å². The zero-order valence-corrected chi connectivity index (χ0v) is 12.4. The quantitative estimate of drug-likeness (QED) is 0.691. The Morgan fingerprint density at radius 1 is 1.47 bits per heavy atom. The first-order valence-electron chi connectivity index (χ1n) is 6.24. The average Bonchev–Trinajstić information content (AvgIpc) is 2.69. The van der Waals surface area contributed by atoms with E-state index in [1.807, 2.05) is 13.2 Å². The van der Waals surface area contributed by atoms with Crippen molar-refractivity contribution in [3.05, 3.63) is 0 Å². The molecule has 19 heavy (non-hydrogen) atoms. The van der Waals surface area contributed by atoms with E-state index in [1.54, 1.807) is 28.6 Å². The molecule has 3 atom stereocenters. The number of nitrogens with zero attached hydrogens (tertiary/aromatic N) is 2. The summed E-state index contributed by atoms with van der Waals surface area (Å²) in [6.45, 7) is 2.41. The van der Waals surface area contributed by atoms with Gasteiger partial charge in [0.15, 0.2) is 0 Å². The molecule has 2 N–H and O–H groups in total. The van der Waals surface area contributed by atoms with Crippen molar-refractivity contribution in [3.63, 3.8) is 0 Å². The highest BCUT2D eigenvalue weighted by Crippen LogP contribution is 2.18. The lowest BCUT2D eigenvalue weighted by atomic mass is 10.2. The Bertz CT molecular complexity index is 340. The highest BCUT2D eigenvalue weighted by Gasteiger charge is 2.37. The summed E-state index contributed by atoms with van der Waals surface area (Å²) in [5.74, 6) is -0.235. The van der Waals surface area contributed by atoms with Gasteiger partial charge in [-0.05, 0) is 13.3 Å². The first-order chi connectivity index (χ1) is 8.86. The summed E-state index contributed by atoms with van der Waals surface area (Å²) >= 11 is 1.62. The van der Waals surface area contributed by atoms with Gasteiger partial charge in [-0.25, -0.2) is 0 Å². The Morgan fingerprint density at radius 2 is 2.11 bits per heavy atom. The third-order valence-corrected chi connectivity index (χ3v) is 4.19. The van der Waals surface area contributed by atoms with Gasteiger partial charge in [0, 0.05) is 24.8 Å². The van der Waals surface area contributed by atoms with Gasteiger partial charge in [0.25, 0.3) is 0 Å². The number of carboxylic acid groups (broad SMARTS) is 1. The largest absolute Gasteiger partial charge is 0.480 e. The normalized spacial score (nSPS) is 24.8. The smallest absolute Gasteiger partial charge is 0.317 e. The lowest BCUT2D eigenvalue weighted by Crippen LogP contribution is -2.43. The molecule has 0 spiro atoms. The maximum atomic E-state index is 12.1. The van der Waals surface area contributed by atoms with Gasteiger partial charge in [0.05, 0.1) is 18.7 Å². The fraction of sp³-hybridized carbons (Fsp3) is 0.833. The van der Waals surface area contributed by atoms with Gasteiger partial charge in [0.2, 0.25) is 5.91 Å². The molecule has 0 saturated carbocycles. The van der Waals surface area contributed by atoms with Crippen molar-refractivity contribution in [1.29, 1.82) is 0 Å². The van der Waals surface area contributed by atoms with Crippen molar-refractivity contribution >= 4 is 23.6 Å². The molecular weight excluding hydrogens is 268 g/mol. The number of likely N-dealkylation sites (N-methyl/N-ethyl adjacent to an activating group) is 1. The van der Waals surface area contributed by atoms with Gasteiger partial charge in [-0.15, -0.1) is 0 Å². The van der Waals surface area contributed by atoms with Gasteiger partial charge in [-0.1, -0.05) is 6.92 Å². The molecule has 1 aliphatic rings. The minimum Gasteiger partial charge on any atom is -0.480 e. The number of rotatable bonds is 6. The standard InChI is InChI=1S/C12H22N2O4S/c1-8(7-19-3)12(18)14-4-9(10(15)5-14)13(2)6-11(16)17/h8-10,15H,4-7H2,1-3H3,(H,16,17)/t8-,9+,10+/m0/s1. The summed E-state index contributed by atoms with van der Waals surface area (Å²) in [5, 5.41) is 18.7. The number of carbonyl (C=O) groups excluding carboxylic acids is 1. The molecule has 1 fully saturated rings. The predicted molar refractivity (Wildman–Crippen MR) is 74.2 cm³/mol. The van der Waals surface area contributed by atoms with Crippen LogP contribution in [0.4, 0.5) is 0 Å². The summed E-state index contributed by atoms with van der Waals surface area (Å²) < 4.78 is 0. The molecule has 0 radical (unpaired) electrons. The second kappa shape index (κ2) is 7.12. The molecule has 1 aliphatic heterocycles. The monoisotopic (exact) mass is 290 g/mol. The minimum absolute atomic E-state index is 0.0274. The van der Waals surface area contributed by atoms with Crippen molar-refractivity contribution in [2.45, 2.75) is 19.1 Å². The first-order valence-corrected chi connectivity index (χ1v) is 7.64. The van der Waals surface area contributed by atoms with E-state index in [0.29, 0.717) is 6.54 Å². The van der Waals surface area contributed by atoms with Crippen molar-refractivity contribution in [3.8, 4) is 0 Å². The topological polar surface area (TPSA) is 81.1 Å². The predicted octanol–water partition coefficient (Wildman–Crippen LogP) is -0.426. The van der Waals surface area contributed by atoms with Crippen LogP contribution in [0.5, 0.6) is 0 Å². The number of β-amino-alcohol motifs (C(OH)–C–C–N with tert-alkyl or cyclic N) is 1. The van der Waals surface area contributed by atoms with Crippen LogP contribution in [0.25, 0.3) is 0 Å². The third-order valence-electron chi connectivity index (χ3n) is 3.36. The zero-order valence-electron chi connectivity index (χ0n) is 11.6. The summed E-state index contributed by atoms with van der Waals surface area (Å²) in [7, 11) is 1.65. The maximum absolute atomic E-state index is 12.1. The summed E-state index contributed by atoms with van der Waals surface area (Å²) in [6.07, 6.45) is 1.27. The molecule has 6 nitrogen and oxygen atoms in total. The number of aliphatic hydroxyl groups is 1. The molecule has 7 heteroatoms. The highest BCUT2D eigenvalue weighted by molar-refractivity contribution is 7.98. The van der Waals surface area contributed by atoms with Crippen molar-refractivity contribution in [2.75, 3.05) is 38.7 Å². The molecule has 0 aromatic rings. The van der Waals surface area contributed by atoms with E-state index in [4.69, 9.17) is 5.11 Å². The molecule has 1 amide bonds. The molecule has 0 aromatic carbocycles. The molecule has 1 rings (SSSR count). The average molecular weight is 290 g/mol. The Balaban J connectivity index is 2.59. The van der Waals surface area contributed by atoms with Crippen LogP contribution in [0.3, 0.4) is 0 Å². The van der Waals surface area contributed by atoms with Crippen LogP contribution < -0.4 is 0 Å². The molecule has 0 unspecified atom stereocenters. The second-order valence-electron chi connectivity index (χ2n) is 5.04. The van der Waals surface area contributed by atoms with Crippen molar-refractivity contribution < 1.29 is 19.8 Å². The van der Waals surface area contributed by atoms with E-state index in [9.17, 15) is 14.7 Å². The summed E-state index contributed by atoms with van der Waals surface area (Å²) in [4.78, 5) is 26.0. The van der Waals surface area contributed by atoms with E-state index >= 15 is 0 Å². The van der Waals surface area contributed by atoms with Crippen LogP contribution in [0.2, 0.25) is 0 Å². The van der Waals surface area contributed by atoms with Gasteiger partial charge in [-0.3, -0.25) is 14.5 Å². The Morgan fingerprint density at radius 3 is 2.63 bits per heavy atom. The minimum atomic E-state index is -0.935. The lowest BCUT2D eigenvalue weighted by molar-refractivity contribution is -0.138. The summed E-state index contributed by atoms with van der Waals surface area (Å²) in [6, 6.07) is -0.304. The van der Waals surface area contributed by atoms with Gasteiger partial charge in [-0.2, -0.15) is 11.8 Å². The molecule has 0 aromatic heterocycles. The Kier molecular flexibility index (Phi) is 6.09. The van der Waals surface area contributed by atoms with Gasteiger partial charge >= 0.3 is 5.97 Å². The van der Waals surface area contributed by atoms with Crippen LogP contribution in [0.1, 0.15) is 6.92 Å². The van der Waals surface area contributed by atoms with E-state index in [1.165, 1.54) is 0 Å². The van der Waals surface area contributed by atoms with Gasteiger partial charge < -0.3 is 15.1 Å². The van der Waals surface area contributed by atoms with Crippen LogP contribution in [0, 0.1) is 5.92 Å². The van der Waals surface area contributed by atoms with Gasteiger partial charge in [0.1, 0.15) is 0 Å². The van der Waals surface area contributed by atoms with Crippen LogP contribution in [-0.4, -0.2) is 82.7 Å². The van der Waals surface area contributed by atoms with Crippen LogP contribution >= 0.6 is 11.8 Å². The number of amides is 1. The number of aliphatic hydroxyl groups excluding tert-OH is 1. The lowest BCUT2D eigenvalue weighted by Gasteiger charge is -2.25. The number of carboxylic acids is 1. The summed E-state index contributed by atoms with van der Waals surface area (Å²) in [5.41, 5.74) is 0. The molecule has 110 valence electrons. The SMILES string of the molecule is CSC[C@H](C)C(=O)N1C[C@@H](O)[C@H](N(C)CC(=O)O)C1. The number of hydrogen-bond donors (Lipinski definition) is 2. The maximum Gasteiger partial charge on any atom is 0.317 e. The second-order valence-corrected chi connectivity index (χ2v) is 5.95. The van der Waals surface area contributed by atoms with E-state index < -0.39 is 12.1 Å². The fourth-order valence-corrected chi connectivity index (χ4v) is 2.99. The molecule has 0 aliphatic carbocycles. The highest BCUT2D eigenvalue weighted by atomic mass is 32.2. The molecular formula is C12H22N2O4S. The first kappa shape index (κ1) is 16.3. The Labute approximate surface area is 117 Å². The molecule has 0 bridgehead atoms. The van der Waals surface area contributed by atoms with E-state index in [-0.39, 0.29) is 31.0 Å². The van der Waals surface area contributed by atoms with E-state index in [0.717, 1.165) is 5.75 Å². The zero-order chi connectivity index (χ0) is 14.6. The molecule has 1 heterocycles. The number of thioether (sulfide) groups is 1. The number of hydrogen-bond acceptors (Lipinski definition) is 5. The van der Waals surface area contributed by atoms with Crippen molar-refractivity contribution in [2.24, 2.45) is 5.92 Å². The number of aliphatic carboxylic acids is 1. The third kappa shape index (κ3) is 4.36. The fourth-order valence-electron chi connectivity index (χ4n) is 2.35. The van der Waals surface area contributed by atoms with E-state index in [2.05, 4.69) is 0 Å².